The summed E-state index contributed by atoms with van der Waals surface area (Å²) >= 11 is 6.24. The zero-order chi connectivity index (χ0) is 24.4. The van der Waals surface area contributed by atoms with Gasteiger partial charge in [-0.05, 0) is 81.5 Å². The average molecular weight is 491 g/mol. The van der Waals surface area contributed by atoms with E-state index in [1.54, 1.807) is 0 Å². The minimum Gasteiger partial charge on any atom is -0.361 e. The van der Waals surface area contributed by atoms with Gasteiger partial charge in [-0.15, -0.1) is 0 Å². The first-order valence-corrected chi connectivity index (χ1v) is 13.1. The molecule has 184 valence electrons. The van der Waals surface area contributed by atoms with Gasteiger partial charge in [0.1, 0.15) is 0 Å². The Bertz CT molecular complexity index is 1190. The molecule has 1 saturated carbocycles. The standard InChI is InChI=1S/C29H35ClN4O/c1-33(2)24-11-8-22(9-12-24)28(21-6-4-3-5-7-21)32-29(35)34-16-14-20(15-17-34)26-19-31-27-13-10-23(30)18-25(26)27/h3-7,10,13-14,18-19,22,24,28,31H,8-9,11-12,15-17H2,1-2H3,(H,32,35). The van der Waals surface area contributed by atoms with Crippen LogP contribution in [0.1, 0.15) is 49.3 Å². The van der Waals surface area contributed by atoms with Crippen LogP contribution in [0.2, 0.25) is 5.02 Å². The molecule has 0 spiro atoms. The molecule has 2 amide bonds. The van der Waals surface area contributed by atoms with Crippen LogP contribution in [0.3, 0.4) is 0 Å². The molecule has 1 fully saturated rings. The minimum atomic E-state index is 0.0332. The summed E-state index contributed by atoms with van der Waals surface area (Å²) < 4.78 is 0. The predicted octanol–water partition coefficient (Wildman–Crippen LogP) is 6.48. The summed E-state index contributed by atoms with van der Waals surface area (Å²) in [7, 11) is 4.34. The van der Waals surface area contributed by atoms with Crippen LogP contribution in [0.15, 0.2) is 60.8 Å². The number of fused-ring (bicyclic) bond motifs is 1. The van der Waals surface area contributed by atoms with Crippen molar-refractivity contribution < 1.29 is 4.79 Å². The van der Waals surface area contributed by atoms with Gasteiger partial charge in [-0.1, -0.05) is 48.0 Å². The summed E-state index contributed by atoms with van der Waals surface area (Å²) in [6.07, 6.45) is 9.70. The van der Waals surface area contributed by atoms with Gasteiger partial charge in [0.15, 0.2) is 0 Å². The van der Waals surface area contributed by atoms with Crippen LogP contribution in [-0.4, -0.2) is 54.0 Å². The number of carbonyl (C=O) groups is 1. The first-order valence-electron chi connectivity index (χ1n) is 12.7. The fourth-order valence-electron chi connectivity index (χ4n) is 5.77. The molecule has 35 heavy (non-hydrogen) atoms. The number of urea groups is 1. The van der Waals surface area contributed by atoms with Crippen molar-refractivity contribution in [3.8, 4) is 0 Å². The zero-order valence-corrected chi connectivity index (χ0v) is 21.4. The topological polar surface area (TPSA) is 51.4 Å². The number of nitrogens with zero attached hydrogens (tertiary/aromatic N) is 2. The molecule has 1 atom stereocenters. The number of aromatic amines is 1. The average Bonchev–Trinajstić information content (AvgIpc) is 3.31. The number of amides is 2. The van der Waals surface area contributed by atoms with E-state index >= 15 is 0 Å². The third-order valence-corrected chi connectivity index (χ3v) is 8.10. The Morgan fingerprint density at radius 1 is 1.11 bits per heavy atom. The monoisotopic (exact) mass is 490 g/mol. The first kappa shape index (κ1) is 24.0. The molecule has 0 radical (unpaired) electrons. The van der Waals surface area contributed by atoms with Crippen molar-refractivity contribution in [2.45, 2.75) is 44.2 Å². The van der Waals surface area contributed by atoms with E-state index < -0.39 is 0 Å². The molecule has 3 aromatic rings. The molecular formula is C29H35ClN4O. The molecule has 1 unspecified atom stereocenters. The quantitative estimate of drug-likeness (QED) is 0.430. The lowest BCUT2D eigenvalue weighted by atomic mass is 9.79. The van der Waals surface area contributed by atoms with Crippen molar-refractivity contribution >= 4 is 34.1 Å². The molecule has 6 heteroatoms. The summed E-state index contributed by atoms with van der Waals surface area (Å²) in [5.74, 6) is 0.462. The molecule has 2 heterocycles. The third kappa shape index (κ3) is 5.26. The van der Waals surface area contributed by atoms with E-state index in [0.717, 1.165) is 35.2 Å². The Kier molecular flexibility index (Phi) is 7.17. The normalized spacial score (nSPS) is 21.7. The molecule has 2 N–H and O–H groups in total. The van der Waals surface area contributed by atoms with Gasteiger partial charge in [0, 0.05) is 46.8 Å². The van der Waals surface area contributed by atoms with Gasteiger partial charge in [0.2, 0.25) is 0 Å². The fourth-order valence-corrected chi connectivity index (χ4v) is 5.94. The van der Waals surface area contributed by atoms with E-state index in [1.165, 1.54) is 29.5 Å². The van der Waals surface area contributed by atoms with Crippen LogP contribution in [-0.2, 0) is 0 Å². The summed E-state index contributed by atoms with van der Waals surface area (Å²) in [6.45, 7) is 1.32. The summed E-state index contributed by atoms with van der Waals surface area (Å²) in [4.78, 5) is 21.0. The SMILES string of the molecule is CN(C)C1CCC(C(NC(=O)N2CC=C(c3c[nH]c4ccc(Cl)cc34)CC2)c2ccccc2)CC1. The number of rotatable bonds is 5. The summed E-state index contributed by atoms with van der Waals surface area (Å²) in [5, 5.41) is 5.30. The maximum atomic E-state index is 13.4. The second-order valence-electron chi connectivity index (χ2n) is 10.2. The summed E-state index contributed by atoms with van der Waals surface area (Å²) in [5.41, 5.74) is 4.74. The highest BCUT2D eigenvalue weighted by atomic mass is 35.5. The molecule has 5 nitrogen and oxygen atoms in total. The molecular weight excluding hydrogens is 456 g/mol. The third-order valence-electron chi connectivity index (χ3n) is 7.87. The molecule has 0 saturated heterocycles. The van der Waals surface area contributed by atoms with Crippen LogP contribution >= 0.6 is 11.6 Å². The lowest BCUT2D eigenvalue weighted by Crippen LogP contribution is -2.46. The van der Waals surface area contributed by atoms with E-state index in [0.29, 0.717) is 25.0 Å². The van der Waals surface area contributed by atoms with Gasteiger partial charge >= 0.3 is 6.03 Å². The number of carbonyl (C=O) groups excluding carboxylic acids is 1. The first-order chi connectivity index (χ1) is 17.0. The predicted molar refractivity (Wildman–Crippen MR) is 145 cm³/mol. The Balaban J connectivity index is 1.28. The largest absolute Gasteiger partial charge is 0.361 e. The second kappa shape index (κ2) is 10.5. The lowest BCUT2D eigenvalue weighted by molar-refractivity contribution is 0.160. The number of nitrogens with one attached hydrogen (secondary N) is 2. The molecule has 2 aliphatic rings. The smallest absolute Gasteiger partial charge is 0.318 e. The van der Waals surface area contributed by atoms with Crippen LogP contribution in [0.4, 0.5) is 4.79 Å². The van der Waals surface area contributed by atoms with Gasteiger partial charge < -0.3 is 20.1 Å². The highest BCUT2D eigenvalue weighted by Gasteiger charge is 2.31. The number of H-pyrrole nitrogens is 1. The Morgan fingerprint density at radius 2 is 1.89 bits per heavy atom. The number of hydrogen-bond donors (Lipinski definition) is 2. The van der Waals surface area contributed by atoms with E-state index in [1.807, 2.05) is 29.2 Å². The Morgan fingerprint density at radius 3 is 2.57 bits per heavy atom. The van der Waals surface area contributed by atoms with Crippen molar-refractivity contribution in [2.75, 3.05) is 27.2 Å². The van der Waals surface area contributed by atoms with Crippen molar-refractivity contribution in [3.05, 3.63) is 77.0 Å². The van der Waals surface area contributed by atoms with Crippen LogP contribution in [0, 0.1) is 5.92 Å². The fraction of sp³-hybridized carbons (Fsp3) is 0.414. The zero-order valence-electron chi connectivity index (χ0n) is 20.6. The van der Waals surface area contributed by atoms with Gasteiger partial charge in [0.05, 0.1) is 6.04 Å². The number of halogens is 1. The van der Waals surface area contributed by atoms with E-state index in [9.17, 15) is 4.79 Å². The second-order valence-corrected chi connectivity index (χ2v) is 10.6. The molecule has 1 aliphatic heterocycles. The Hall–Kier alpha value is -2.76. The highest BCUT2D eigenvalue weighted by molar-refractivity contribution is 6.31. The number of hydrogen-bond acceptors (Lipinski definition) is 2. The van der Waals surface area contributed by atoms with Crippen LogP contribution in [0.25, 0.3) is 16.5 Å². The van der Waals surface area contributed by atoms with Crippen LogP contribution < -0.4 is 5.32 Å². The van der Waals surface area contributed by atoms with Crippen molar-refractivity contribution in [2.24, 2.45) is 5.92 Å². The van der Waals surface area contributed by atoms with Crippen molar-refractivity contribution in [1.82, 2.24) is 20.1 Å². The van der Waals surface area contributed by atoms with Gasteiger partial charge in [-0.2, -0.15) is 0 Å². The molecule has 0 bridgehead atoms. The molecule has 5 rings (SSSR count). The number of benzene rings is 2. The van der Waals surface area contributed by atoms with Crippen molar-refractivity contribution in [1.29, 1.82) is 0 Å². The lowest BCUT2D eigenvalue weighted by Gasteiger charge is -2.38. The van der Waals surface area contributed by atoms with Gasteiger partial charge in [0.25, 0.3) is 0 Å². The molecule has 1 aliphatic carbocycles. The highest BCUT2D eigenvalue weighted by Crippen LogP contribution is 2.36. The Labute approximate surface area is 213 Å². The van der Waals surface area contributed by atoms with Crippen molar-refractivity contribution in [3.63, 3.8) is 0 Å². The summed E-state index contributed by atoms with van der Waals surface area (Å²) in [6, 6.07) is 17.1. The number of aromatic nitrogens is 1. The molecule has 1 aromatic heterocycles. The van der Waals surface area contributed by atoms with Gasteiger partial charge in [-0.3, -0.25) is 0 Å². The van der Waals surface area contributed by atoms with E-state index in [4.69, 9.17) is 11.6 Å². The van der Waals surface area contributed by atoms with Crippen LogP contribution in [0.5, 0.6) is 0 Å². The maximum Gasteiger partial charge on any atom is 0.318 e. The maximum absolute atomic E-state index is 13.4. The van der Waals surface area contributed by atoms with Gasteiger partial charge in [-0.25, -0.2) is 4.79 Å². The minimum absolute atomic E-state index is 0.0332. The van der Waals surface area contributed by atoms with E-state index in [2.05, 4.69) is 65.8 Å². The molecule has 2 aromatic carbocycles. The van der Waals surface area contributed by atoms with E-state index in [-0.39, 0.29) is 12.1 Å².